The number of alkyl halides is 3. The van der Waals surface area contributed by atoms with Gasteiger partial charge in [-0.1, -0.05) is 37.6 Å². The van der Waals surface area contributed by atoms with Crippen LogP contribution in [0.3, 0.4) is 0 Å². The van der Waals surface area contributed by atoms with Gasteiger partial charge in [-0.25, -0.2) is 0 Å². The molecule has 0 bridgehead atoms. The zero-order valence-corrected chi connectivity index (χ0v) is 17.9. The first-order valence-electron chi connectivity index (χ1n) is 9.55. The Morgan fingerprint density at radius 3 is 2.55 bits per heavy atom. The molecule has 0 unspecified atom stereocenters. The maximum absolute atomic E-state index is 13.1. The largest absolute Gasteiger partial charge is 0.485 e. The van der Waals surface area contributed by atoms with E-state index in [1.165, 1.54) is 24.3 Å². The molecular weight excluding hydrogens is 431 g/mol. The molecule has 0 atom stereocenters. The first-order chi connectivity index (χ1) is 14.6. The van der Waals surface area contributed by atoms with Crippen LogP contribution >= 0.6 is 11.6 Å². The maximum atomic E-state index is 13.1. The molecule has 1 aromatic heterocycles. The number of aryl methyl sites for hydroxylation is 1. The van der Waals surface area contributed by atoms with Crippen molar-refractivity contribution in [1.82, 2.24) is 0 Å². The normalized spacial score (nSPS) is 11.6. The van der Waals surface area contributed by atoms with Crippen LogP contribution in [0.15, 0.2) is 52.9 Å². The summed E-state index contributed by atoms with van der Waals surface area (Å²) in [7, 11) is 0. The van der Waals surface area contributed by atoms with Gasteiger partial charge in [0.2, 0.25) is 0 Å². The monoisotopic (exact) mass is 451 g/mol. The lowest BCUT2D eigenvalue weighted by molar-refractivity contribution is -0.136. The Balaban J connectivity index is 1.72. The predicted molar refractivity (Wildman–Crippen MR) is 113 cm³/mol. The van der Waals surface area contributed by atoms with Gasteiger partial charge in [0.05, 0.1) is 11.3 Å². The van der Waals surface area contributed by atoms with E-state index in [0.29, 0.717) is 16.5 Å². The van der Waals surface area contributed by atoms with Crippen molar-refractivity contribution in [2.75, 3.05) is 5.32 Å². The number of furan rings is 1. The van der Waals surface area contributed by atoms with Crippen LogP contribution in [0.2, 0.25) is 5.02 Å². The lowest BCUT2D eigenvalue weighted by Crippen LogP contribution is -2.16. The number of rotatable bonds is 6. The molecule has 0 radical (unpaired) electrons. The minimum absolute atomic E-state index is 0.0488. The van der Waals surface area contributed by atoms with Gasteiger partial charge in [-0.3, -0.25) is 4.79 Å². The van der Waals surface area contributed by atoms with Gasteiger partial charge >= 0.3 is 6.18 Å². The lowest BCUT2D eigenvalue weighted by Gasteiger charge is -2.15. The van der Waals surface area contributed by atoms with Crippen LogP contribution in [-0.2, 0) is 12.8 Å². The molecule has 1 N–H and O–H groups in total. The van der Waals surface area contributed by atoms with Crippen LogP contribution in [0.1, 0.15) is 52.8 Å². The Morgan fingerprint density at radius 1 is 1.16 bits per heavy atom. The SMILES string of the molecule is Cc1cc(OCc2ccc(C(=O)Nc3ccccc3C(F)(F)F)o2)c(C(C)C)cc1Cl. The molecule has 3 aromatic rings. The quantitative estimate of drug-likeness (QED) is 0.430. The molecule has 164 valence electrons. The van der Waals surface area contributed by atoms with Crippen molar-refractivity contribution in [3.05, 3.63) is 81.8 Å². The highest BCUT2D eigenvalue weighted by molar-refractivity contribution is 6.31. The van der Waals surface area contributed by atoms with Gasteiger partial charge in [-0.05, 0) is 60.4 Å². The Hall–Kier alpha value is -2.93. The minimum Gasteiger partial charge on any atom is -0.485 e. The molecule has 0 saturated heterocycles. The van der Waals surface area contributed by atoms with Gasteiger partial charge in [0.25, 0.3) is 5.91 Å². The number of para-hydroxylation sites is 1. The van der Waals surface area contributed by atoms with Crippen molar-refractivity contribution in [3.63, 3.8) is 0 Å². The van der Waals surface area contributed by atoms with Crippen LogP contribution in [0.25, 0.3) is 0 Å². The predicted octanol–water partition coefficient (Wildman–Crippen LogP) is 7.21. The van der Waals surface area contributed by atoms with E-state index in [0.717, 1.165) is 17.2 Å². The van der Waals surface area contributed by atoms with Gasteiger partial charge in [-0.2, -0.15) is 13.2 Å². The van der Waals surface area contributed by atoms with E-state index >= 15 is 0 Å². The molecule has 0 spiro atoms. The summed E-state index contributed by atoms with van der Waals surface area (Å²) in [6.45, 7) is 5.95. The van der Waals surface area contributed by atoms with Crippen LogP contribution < -0.4 is 10.1 Å². The van der Waals surface area contributed by atoms with Crippen molar-refractivity contribution >= 4 is 23.2 Å². The number of benzene rings is 2. The van der Waals surface area contributed by atoms with Crippen LogP contribution in [-0.4, -0.2) is 5.91 Å². The van der Waals surface area contributed by atoms with E-state index in [9.17, 15) is 18.0 Å². The first-order valence-corrected chi connectivity index (χ1v) is 9.93. The zero-order chi connectivity index (χ0) is 22.8. The van der Waals surface area contributed by atoms with Crippen LogP contribution in [0.5, 0.6) is 5.75 Å². The number of hydrogen-bond donors (Lipinski definition) is 1. The third kappa shape index (κ3) is 5.41. The van der Waals surface area contributed by atoms with E-state index < -0.39 is 17.6 Å². The highest BCUT2D eigenvalue weighted by Gasteiger charge is 2.33. The van der Waals surface area contributed by atoms with Crippen molar-refractivity contribution < 1.29 is 27.1 Å². The fraction of sp³-hybridized carbons (Fsp3) is 0.261. The molecule has 1 amide bonds. The van der Waals surface area contributed by atoms with Crippen LogP contribution in [0, 0.1) is 6.92 Å². The second kappa shape index (κ2) is 9.06. The Morgan fingerprint density at radius 2 is 1.87 bits per heavy atom. The second-order valence-corrected chi connectivity index (χ2v) is 7.75. The number of carbonyl (C=O) groups is 1. The molecular formula is C23H21ClF3NO3. The Kier molecular flexibility index (Phi) is 6.65. The van der Waals surface area contributed by atoms with E-state index in [1.807, 2.05) is 32.9 Å². The third-order valence-electron chi connectivity index (χ3n) is 4.65. The molecule has 8 heteroatoms. The van der Waals surface area contributed by atoms with E-state index in [2.05, 4.69) is 5.32 Å². The Labute approximate surface area is 183 Å². The summed E-state index contributed by atoms with van der Waals surface area (Å²) in [6, 6.07) is 11.4. The standard InChI is InChI=1S/C23H21ClF3NO3/c1-13(2)16-11-18(24)14(3)10-21(16)30-12-15-8-9-20(31-15)22(29)28-19-7-5-4-6-17(19)23(25,26)27/h4-11,13H,12H2,1-3H3,(H,28,29). The number of anilines is 1. The average Bonchev–Trinajstić information content (AvgIpc) is 3.17. The molecule has 31 heavy (non-hydrogen) atoms. The topological polar surface area (TPSA) is 51.5 Å². The molecule has 3 rings (SSSR count). The Bertz CT molecular complexity index is 1090. The molecule has 4 nitrogen and oxygen atoms in total. The number of amides is 1. The van der Waals surface area contributed by atoms with Gasteiger partial charge in [-0.15, -0.1) is 0 Å². The summed E-state index contributed by atoms with van der Waals surface area (Å²) < 4.78 is 50.7. The number of hydrogen-bond acceptors (Lipinski definition) is 3. The molecule has 1 heterocycles. The number of carbonyl (C=O) groups excluding carboxylic acids is 1. The van der Waals surface area contributed by atoms with Crippen LogP contribution in [0.4, 0.5) is 18.9 Å². The van der Waals surface area contributed by atoms with E-state index in [-0.39, 0.29) is 24.0 Å². The van der Waals surface area contributed by atoms with E-state index in [1.54, 1.807) is 6.07 Å². The molecule has 0 aliphatic rings. The van der Waals surface area contributed by atoms with E-state index in [4.69, 9.17) is 20.8 Å². The van der Waals surface area contributed by atoms with Crippen molar-refractivity contribution in [2.24, 2.45) is 0 Å². The van der Waals surface area contributed by atoms with Gasteiger partial charge in [0, 0.05) is 5.02 Å². The number of halogens is 4. The highest BCUT2D eigenvalue weighted by atomic mass is 35.5. The molecule has 0 aliphatic carbocycles. The highest BCUT2D eigenvalue weighted by Crippen LogP contribution is 2.35. The van der Waals surface area contributed by atoms with Gasteiger partial charge in [0.1, 0.15) is 18.1 Å². The second-order valence-electron chi connectivity index (χ2n) is 7.35. The summed E-state index contributed by atoms with van der Waals surface area (Å²) in [6.07, 6.45) is -4.59. The summed E-state index contributed by atoms with van der Waals surface area (Å²) >= 11 is 6.20. The molecule has 2 aromatic carbocycles. The third-order valence-corrected chi connectivity index (χ3v) is 5.06. The molecule has 0 saturated carbocycles. The summed E-state index contributed by atoms with van der Waals surface area (Å²) in [5.74, 6) is 0.287. The lowest BCUT2D eigenvalue weighted by atomic mass is 10.0. The first kappa shape index (κ1) is 22.7. The summed E-state index contributed by atoms with van der Waals surface area (Å²) in [5, 5.41) is 2.90. The van der Waals surface area contributed by atoms with Gasteiger partial charge < -0.3 is 14.5 Å². The fourth-order valence-corrected chi connectivity index (χ4v) is 3.17. The molecule has 0 aliphatic heterocycles. The van der Waals surface area contributed by atoms with Crippen molar-refractivity contribution in [1.29, 1.82) is 0 Å². The zero-order valence-electron chi connectivity index (χ0n) is 17.1. The fourth-order valence-electron chi connectivity index (χ4n) is 3.00. The van der Waals surface area contributed by atoms with Crippen molar-refractivity contribution in [3.8, 4) is 5.75 Å². The average molecular weight is 452 g/mol. The number of ether oxygens (including phenoxy) is 1. The maximum Gasteiger partial charge on any atom is 0.418 e. The van der Waals surface area contributed by atoms with Crippen molar-refractivity contribution in [2.45, 2.75) is 39.5 Å². The minimum atomic E-state index is -4.59. The summed E-state index contributed by atoms with van der Waals surface area (Å²) in [4.78, 5) is 12.4. The molecule has 0 fully saturated rings. The summed E-state index contributed by atoms with van der Waals surface area (Å²) in [5.41, 5.74) is 0.526. The van der Waals surface area contributed by atoms with Gasteiger partial charge in [0.15, 0.2) is 5.76 Å². The smallest absolute Gasteiger partial charge is 0.418 e. The number of nitrogens with one attached hydrogen (secondary N) is 1.